The lowest BCUT2D eigenvalue weighted by Gasteiger charge is -2.23. The Morgan fingerprint density at radius 2 is 2.35 bits per heavy atom. The molecule has 0 aliphatic carbocycles. The predicted molar refractivity (Wildman–Crippen MR) is 79.0 cm³/mol. The van der Waals surface area contributed by atoms with Gasteiger partial charge in [-0.1, -0.05) is 0 Å². The van der Waals surface area contributed by atoms with Gasteiger partial charge in [0.05, 0.1) is 16.4 Å². The summed E-state index contributed by atoms with van der Waals surface area (Å²) in [4.78, 5) is 16.2. The second kappa shape index (κ2) is 5.22. The van der Waals surface area contributed by atoms with E-state index in [4.69, 9.17) is 10.5 Å². The highest BCUT2D eigenvalue weighted by Gasteiger charge is 2.23. The number of benzene rings is 1. The van der Waals surface area contributed by atoms with Gasteiger partial charge in [-0.05, 0) is 31.7 Å². The van der Waals surface area contributed by atoms with Crippen LogP contribution in [0.5, 0.6) is 5.75 Å². The van der Waals surface area contributed by atoms with Crippen molar-refractivity contribution in [3.8, 4) is 17.0 Å². The zero-order chi connectivity index (χ0) is 14.1. The Kier molecular flexibility index (Phi) is 3.42. The summed E-state index contributed by atoms with van der Waals surface area (Å²) >= 11 is 1.60. The highest BCUT2D eigenvalue weighted by atomic mass is 32.1. The van der Waals surface area contributed by atoms with Crippen molar-refractivity contribution in [3.05, 3.63) is 28.6 Å². The molecule has 0 bridgehead atoms. The van der Waals surface area contributed by atoms with Gasteiger partial charge in [-0.2, -0.15) is 0 Å². The molecule has 5 nitrogen and oxygen atoms in total. The van der Waals surface area contributed by atoms with Crippen molar-refractivity contribution in [2.45, 2.75) is 19.4 Å². The Labute approximate surface area is 120 Å². The van der Waals surface area contributed by atoms with E-state index in [1.807, 2.05) is 23.6 Å². The van der Waals surface area contributed by atoms with Crippen molar-refractivity contribution < 1.29 is 9.53 Å². The van der Waals surface area contributed by atoms with Gasteiger partial charge in [0, 0.05) is 17.4 Å². The van der Waals surface area contributed by atoms with Gasteiger partial charge in [-0.25, -0.2) is 4.98 Å². The molecule has 3 rings (SSSR count). The standard InChI is InChI=1S/C14H15N3O2S/c1-8-14(18)17-10-6-9(2-3-12(10)19-8)11-7-20-13(16-11)4-5-15/h2-3,6-8H,4-5,15H2,1H3,(H,17,18). The molecule has 1 atom stereocenters. The van der Waals surface area contributed by atoms with Crippen LogP contribution in [0.1, 0.15) is 11.9 Å². The van der Waals surface area contributed by atoms with E-state index in [1.165, 1.54) is 0 Å². The lowest BCUT2D eigenvalue weighted by Crippen LogP contribution is -2.34. The first-order valence-corrected chi connectivity index (χ1v) is 7.32. The lowest BCUT2D eigenvalue weighted by molar-refractivity contribution is -0.122. The van der Waals surface area contributed by atoms with Crippen molar-refractivity contribution in [2.24, 2.45) is 5.73 Å². The van der Waals surface area contributed by atoms with E-state index in [0.29, 0.717) is 18.0 Å². The SMILES string of the molecule is CC1Oc2ccc(-c3csc(CCN)n3)cc2NC1=O. The molecule has 1 aromatic heterocycles. The molecule has 1 aliphatic heterocycles. The zero-order valence-electron chi connectivity index (χ0n) is 11.1. The van der Waals surface area contributed by atoms with Crippen LogP contribution in [0.2, 0.25) is 0 Å². The van der Waals surface area contributed by atoms with Crippen molar-refractivity contribution in [1.82, 2.24) is 4.98 Å². The summed E-state index contributed by atoms with van der Waals surface area (Å²) < 4.78 is 5.53. The van der Waals surface area contributed by atoms with Crippen molar-refractivity contribution in [2.75, 3.05) is 11.9 Å². The summed E-state index contributed by atoms with van der Waals surface area (Å²) in [7, 11) is 0. The van der Waals surface area contributed by atoms with E-state index >= 15 is 0 Å². The molecule has 0 saturated carbocycles. The number of hydrogen-bond donors (Lipinski definition) is 2. The average Bonchev–Trinajstić information content (AvgIpc) is 2.89. The Hall–Kier alpha value is -1.92. The third-order valence-corrected chi connectivity index (χ3v) is 4.02. The molecule has 2 heterocycles. The van der Waals surface area contributed by atoms with E-state index in [-0.39, 0.29) is 5.91 Å². The van der Waals surface area contributed by atoms with E-state index in [1.54, 1.807) is 18.3 Å². The molecule has 1 unspecified atom stereocenters. The second-order valence-corrected chi connectivity index (χ2v) is 5.57. The fourth-order valence-corrected chi connectivity index (χ4v) is 2.87. The van der Waals surface area contributed by atoms with Gasteiger partial charge in [-0.3, -0.25) is 4.79 Å². The fourth-order valence-electron chi connectivity index (χ4n) is 2.05. The van der Waals surface area contributed by atoms with E-state index in [9.17, 15) is 4.79 Å². The summed E-state index contributed by atoms with van der Waals surface area (Å²) in [6, 6.07) is 5.70. The van der Waals surface area contributed by atoms with Crippen molar-refractivity contribution >= 4 is 22.9 Å². The highest BCUT2D eigenvalue weighted by molar-refractivity contribution is 7.09. The number of anilines is 1. The molecule has 104 valence electrons. The summed E-state index contributed by atoms with van der Waals surface area (Å²) in [5.74, 6) is 0.565. The minimum atomic E-state index is -0.455. The highest BCUT2D eigenvalue weighted by Crippen LogP contribution is 2.34. The molecule has 1 aromatic carbocycles. The van der Waals surface area contributed by atoms with Crippen LogP contribution >= 0.6 is 11.3 Å². The van der Waals surface area contributed by atoms with Crippen LogP contribution in [0.15, 0.2) is 23.6 Å². The van der Waals surface area contributed by atoms with Gasteiger partial charge < -0.3 is 15.8 Å². The van der Waals surface area contributed by atoms with E-state index in [2.05, 4.69) is 10.3 Å². The number of carbonyl (C=O) groups excluding carboxylic acids is 1. The predicted octanol–water partition coefficient (Wildman–Crippen LogP) is 2.03. The Morgan fingerprint density at radius 1 is 1.50 bits per heavy atom. The zero-order valence-corrected chi connectivity index (χ0v) is 11.9. The van der Waals surface area contributed by atoms with Crippen LogP contribution in [0, 0.1) is 0 Å². The molecule has 0 spiro atoms. The van der Waals surface area contributed by atoms with Crippen LogP contribution < -0.4 is 15.8 Å². The van der Waals surface area contributed by atoms with Gasteiger partial charge in [0.2, 0.25) is 0 Å². The number of nitrogens with one attached hydrogen (secondary N) is 1. The molecule has 0 saturated heterocycles. The van der Waals surface area contributed by atoms with Crippen molar-refractivity contribution in [1.29, 1.82) is 0 Å². The van der Waals surface area contributed by atoms with Crippen LogP contribution in [0.4, 0.5) is 5.69 Å². The van der Waals surface area contributed by atoms with Crippen LogP contribution in [0.25, 0.3) is 11.3 Å². The molecule has 20 heavy (non-hydrogen) atoms. The first kappa shape index (κ1) is 13.1. The molecule has 1 amide bonds. The topological polar surface area (TPSA) is 77.2 Å². The number of hydrogen-bond acceptors (Lipinski definition) is 5. The van der Waals surface area contributed by atoms with Gasteiger partial charge in [0.1, 0.15) is 5.75 Å². The van der Waals surface area contributed by atoms with Gasteiger partial charge in [0.15, 0.2) is 6.10 Å². The van der Waals surface area contributed by atoms with Gasteiger partial charge >= 0.3 is 0 Å². The fraction of sp³-hybridized carbons (Fsp3) is 0.286. The monoisotopic (exact) mass is 289 g/mol. The van der Waals surface area contributed by atoms with Crippen LogP contribution in [-0.4, -0.2) is 23.5 Å². The second-order valence-electron chi connectivity index (χ2n) is 4.63. The molecule has 2 aromatic rings. The third-order valence-electron chi connectivity index (χ3n) is 3.12. The Balaban J connectivity index is 1.91. The summed E-state index contributed by atoms with van der Waals surface area (Å²) in [6.07, 6.45) is 0.330. The normalized spacial score (nSPS) is 17.3. The smallest absolute Gasteiger partial charge is 0.265 e. The number of aromatic nitrogens is 1. The largest absolute Gasteiger partial charge is 0.479 e. The van der Waals surface area contributed by atoms with E-state index < -0.39 is 6.10 Å². The maximum atomic E-state index is 11.6. The first-order chi connectivity index (χ1) is 9.67. The molecular formula is C14H15N3O2S. The Morgan fingerprint density at radius 3 is 3.15 bits per heavy atom. The molecule has 0 fully saturated rings. The Bertz CT molecular complexity index is 654. The van der Waals surface area contributed by atoms with Crippen LogP contribution in [0.3, 0.4) is 0 Å². The number of amides is 1. The maximum Gasteiger partial charge on any atom is 0.265 e. The first-order valence-electron chi connectivity index (χ1n) is 6.44. The molecule has 1 aliphatic rings. The van der Waals surface area contributed by atoms with Crippen LogP contribution in [-0.2, 0) is 11.2 Å². The number of nitrogens with zero attached hydrogens (tertiary/aromatic N) is 1. The van der Waals surface area contributed by atoms with E-state index in [0.717, 1.165) is 22.7 Å². The number of rotatable bonds is 3. The number of carbonyl (C=O) groups is 1. The number of thiazole rings is 1. The lowest BCUT2D eigenvalue weighted by atomic mass is 10.1. The third kappa shape index (κ3) is 2.39. The number of ether oxygens (including phenoxy) is 1. The molecule has 6 heteroatoms. The summed E-state index contributed by atoms with van der Waals surface area (Å²) in [5.41, 5.74) is 8.08. The summed E-state index contributed by atoms with van der Waals surface area (Å²) in [6.45, 7) is 2.32. The van der Waals surface area contributed by atoms with Gasteiger partial charge in [-0.15, -0.1) is 11.3 Å². The maximum absolute atomic E-state index is 11.6. The number of fused-ring (bicyclic) bond motifs is 1. The number of nitrogens with two attached hydrogens (primary N) is 1. The average molecular weight is 289 g/mol. The minimum absolute atomic E-state index is 0.128. The van der Waals surface area contributed by atoms with Gasteiger partial charge in [0.25, 0.3) is 5.91 Å². The minimum Gasteiger partial charge on any atom is -0.479 e. The molecule has 3 N–H and O–H groups in total. The quantitative estimate of drug-likeness (QED) is 0.906. The molecular weight excluding hydrogens is 274 g/mol. The van der Waals surface area contributed by atoms with Crippen molar-refractivity contribution in [3.63, 3.8) is 0 Å². The summed E-state index contributed by atoms with van der Waals surface area (Å²) in [5, 5.41) is 5.87. The molecule has 0 radical (unpaired) electrons.